The number of carbonyl (C=O) groups excluding carboxylic acids is 2. The molecule has 0 aliphatic carbocycles. The van der Waals surface area contributed by atoms with Crippen LogP contribution in [0.5, 0.6) is 5.75 Å². The molecule has 5 nitrogen and oxygen atoms in total. The number of nitrogens with zero attached hydrogens (tertiary/aromatic N) is 1. The Morgan fingerprint density at radius 1 is 1.19 bits per heavy atom. The number of ether oxygens (including phenoxy) is 1. The van der Waals surface area contributed by atoms with Gasteiger partial charge in [0.25, 0.3) is 0 Å². The maximum Gasteiger partial charge on any atom is 0.225 e. The normalized spacial score (nSPS) is 19.6. The summed E-state index contributed by atoms with van der Waals surface area (Å²) in [6, 6.07) is 7.85. The molecule has 1 heterocycles. The van der Waals surface area contributed by atoms with Crippen molar-refractivity contribution < 1.29 is 14.3 Å². The molecule has 0 radical (unpaired) electrons. The molecule has 2 unspecified atom stereocenters. The Kier molecular flexibility index (Phi) is 7.69. The molecule has 1 aromatic rings. The Balaban J connectivity index is 2.17. The molecule has 150 valence electrons. The van der Waals surface area contributed by atoms with E-state index in [-0.39, 0.29) is 23.7 Å². The molecule has 1 saturated heterocycles. The van der Waals surface area contributed by atoms with Gasteiger partial charge in [0.15, 0.2) is 0 Å². The van der Waals surface area contributed by atoms with Gasteiger partial charge in [0.1, 0.15) is 5.75 Å². The summed E-state index contributed by atoms with van der Waals surface area (Å²) in [5.41, 5.74) is 1.05. The highest BCUT2D eigenvalue weighted by Gasteiger charge is 2.40. The summed E-state index contributed by atoms with van der Waals surface area (Å²) >= 11 is 0. The summed E-state index contributed by atoms with van der Waals surface area (Å²) in [7, 11) is 1.64. The van der Waals surface area contributed by atoms with E-state index >= 15 is 0 Å². The van der Waals surface area contributed by atoms with Crippen LogP contribution in [0.3, 0.4) is 0 Å². The van der Waals surface area contributed by atoms with Gasteiger partial charge >= 0.3 is 0 Å². The van der Waals surface area contributed by atoms with Crippen LogP contribution < -0.4 is 10.1 Å². The zero-order valence-electron chi connectivity index (χ0n) is 17.3. The van der Waals surface area contributed by atoms with Gasteiger partial charge in [-0.1, -0.05) is 39.8 Å². The van der Waals surface area contributed by atoms with Crippen molar-refractivity contribution in [2.75, 3.05) is 26.7 Å². The molecular weight excluding hydrogens is 340 g/mol. The molecule has 1 aliphatic heterocycles. The molecule has 2 atom stereocenters. The molecule has 5 heteroatoms. The Morgan fingerprint density at radius 2 is 1.93 bits per heavy atom. The first-order chi connectivity index (χ1) is 12.8. The second-order valence-corrected chi connectivity index (χ2v) is 8.36. The van der Waals surface area contributed by atoms with Gasteiger partial charge in [0, 0.05) is 32.0 Å². The Hall–Kier alpha value is -2.04. The van der Waals surface area contributed by atoms with Crippen LogP contribution in [0.25, 0.3) is 0 Å². The molecule has 1 N–H and O–H groups in total. The van der Waals surface area contributed by atoms with Crippen LogP contribution in [0.1, 0.15) is 52.0 Å². The van der Waals surface area contributed by atoms with Gasteiger partial charge in [-0.05, 0) is 36.0 Å². The molecular formula is C22H34N2O3. The van der Waals surface area contributed by atoms with E-state index in [4.69, 9.17) is 4.74 Å². The van der Waals surface area contributed by atoms with Crippen molar-refractivity contribution in [3.8, 4) is 5.75 Å². The van der Waals surface area contributed by atoms with Crippen LogP contribution in [0.15, 0.2) is 24.3 Å². The lowest BCUT2D eigenvalue weighted by Gasteiger charge is -2.19. The highest BCUT2D eigenvalue weighted by atomic mass is 16.5. The second-order valence-electron chi connectivity index (χ2n) is 8.36. The first kappa shape index (κ1) is 21.3. The third-order valence-electron chi connectivity index (χ3n) is 5.14. The lowest BCUT2D eigenvalue weighted by atomic mass is 9.88. The van der Waals surface area contributed by atoms with E-state index in [1.807, 2.05) is 43.0 Å². The first-order valence-electron chi connectivity index (χ1n) is 10.0. The van der Waals surface area contributed by atoms with Crippen molar-refractivity contribution in [1.29, 1.82) is 0 Å². The van der Waals surface area contributed by atoms with Crippen molar-refractivity contribution in [2.45, 2.75) is 46.5 Å². The van der Waals surface area contributed by atoms with Gasteiger partial charge in [0.05, 0.1) is 13.0 Å². The zero-order chi connectivity index (χ0) is 20.0. The lowest BCUT2D eigenvalue weighted by Crippen LogP contribution is -2.36. The maximum atomic E-state index is 12.9. The average molecular weight is 375 g/mol. The summed E-state index contributed by atoms with van der Waals surface area (Å²) in [6.45, 7) is 10.1. The summed E-state index contributed by atoms with van der Waals surface area (Å²) in [5.74, 6) is 1.59. The third kappa shape index (κ3) is 5.98. The molecule has 0 spiro atoms. The molecule has 2 rings (SSSR count). The molecule has 0 saturated carbocycles. The summed E-state index contributed by atoms with van der Waals surface area (Å²) in [6.07, 6.45) is 1.48. The Labute approximate surface area is 163 Å². The molecule has 2 amide bonds. The van der Waals surface area contributed by atoms with Gasteiger partial charge in [-0.25, -0.2) is 0 Å². The van der Waals surface area contributed by atoms with Crippen molar-refractivity contribution in [2.24, 2.45) is 17.8 Å². The van der Waals surface area contributed by atoms with Gasteiger partial charge < -0.3 is 15.0 Å². The molecule has 1 aliphatic rings. The number of hydrogen-bond donors (Lipinski definition) is 1. The topological polar surface area (TPSA) is 58.6 Å². The average Bonchev–Trinajstić information content (AvgIpc) is 3.06. The SMILES string of the molecule is COc1cccc(C2CN(C(=O)CC(C)C)CC2C(=O)NCCC(C)C)c1. The number of rotatable bonds is 8. The second kappa shape index (κ2) is 9.77. The molecule has 0 bridgehead atoms. The minimum Gasteiger partial charge on any atom is -0.497 e. The number of nitrogens with one attached hydrogen (secondary N) is 1. The Bertz CT molecular complexity index is 642. The van der Waals surface area contributed by atoms with Crippen LogP contribution in [-0.2, 0) is 9.59 Å². The fraction of sp³-hybridized carbons (Fsp3) is 0.636. The van der Waals surface area contributed by atoms with Crippen molar-refractivity contribution in [3.63, 3.8) is 0 Å². The van der Waals surface area contributed by atoms with Gasteiger partial charge in [-0.2, -0.15) is 0 Å². The van der Waals surface area contributed by atoms with Crippen molar-refractivity contribution in [3.05, 3.63) is 29.8 Å². The van der Waals surface area contributed by atoms with E-state index in [2.05, 4.69) is 19.2 Å². The number of benzene rings is 1. The zero-order valence-corrected chi connectivity index (χ0v) is 17.3. The maximum absolute atomic E-state index is 12.9. The molecule has 27 heavy (non-hydrogen) atoms. The number of hydrogen-bond acceptors (Lipinski definition) is 3. The monoisotopic (exact) mass is 374 g/mol. The standard InChI is InChI=1S/C22H34N2O3/c1-15(2)9-10-23-22(26)20-14-24(21(25)11-16(3)4)13-19(20)17-7-6-8-18(12-17)27-5/h6-8,12,15-16,19-20H,9-11,13-14H2,1-5H3,(H,23,26). The highest BCUT2D eigenvalue weighted by molar-refractivity contribution is 5.83. The van der Waals surface area contributed by atoms with Crippen LogP contribution in [-0.4, -0.2) is 43.5 Å². The number of amides is 2. The quantitative estimate of drug-likeness (QED) is 0.758. The minimum absolute atomic E-state index is 0.00439. The molecule has 0 aromatic heterocycles. The minimum atomic E-state index is -0.222. The number of methoxy groups -OCH3 is 1. The molecule has 1 fully saturated rings. The van der Waals surface area contributed by atoms with E-state index in [0.717, 1.165) is 17.7 Å². The fourth-order valence-electron chi connectivity index (χ4n) is 3.58. The van der Waals surface area contributed by atoms with Crippen molar-refractivity contribution in [1.82, 2.24) is 10.2 Å². The number of carbonyl (C=O) groups is 2. The predicted octanol–water partition coefficient (Wildman–Crippen LogP) is 3.45. The van der Waals surface area contributed by atoms with E-state index in [9.17, 15) is 9.59 Å². The number of likely N-dealkylation sites (tertiary alicyclic amines) is 1. The molecule has 1 aromatic carbocycles. The highest BCUT2D eigenvalue weighted by Crippen LogP contribution is 2.35. The summed E-state index contributed by atoms with van der Waals surface area (Å²) < 4.78 is 5.35. The lowest BCUT2D eigenvalue weighted by molar-refractivity contribution is -0.131. The summed E-state index contributed by atoms with van der Waals surface area (Å²) in [5, 5.41) is 3.08. The van der Waals surface area contributed by atoms with E-state index in [1.165, 1.54) is 0 Å². The van der Waals surface area contributed by atoms with Crippen LogP contribution >= 0.6 is 0 Å². The van der Waals surface area contributed by atoms with E-state index in [0.29, 0.717) is 37.9 Å². The van der Waals surface area contributed by atoms with Gasteiger partial charge in [-0.3, -0.25) is 9.59 Å². The van der Waals surface area contributed by atoms with Gasteiger partial charge in [0.2, 0.25) is 11.8 Å². The van der Waals surface area contributed by atoms with Crippen LogP contribution in [0.2, 0.25) is 0 Å². The van der Waals surface area contributed by atoms with Crippen LogP contribution in [0, 0.1) is 17.8 Å². The third-order valence-corrected chi connectivity index (χ3v) is 5.14. The van der Waals surface area contributed by atoms with E-state index in [1.54, 1.807) is 7.11 Å². The van der Waals surface area contributed by atoms with E-state index < -0.39 is 0 Å². The van der Waals surface area contributed by atoms with Gasteiger partial charge in [-0.15, -0.1) is 0 Å². The largest absolute Gasteiger partial charge is 0.497 e. The van der Waals surface area contributed by atoms with Crippen molar-refractivity contribution >= 4 is 11.8 Å². The van der Waals surface area contributed by atoms with Crippen LogP contribution in [0.4, 0.5) is 0 Å². The smallest absolute Gasteiger partial charge is 0.225 e. The Morgan fingerprint density at radius 3 is 2.56 bits per heavy atom. The predicted molar refractivity (Wildman–Crippen MR) is 108 cm³/mol. The summed E-state index contributed by atoms with van der Waals surface area (Å²) in [4.78, 5) is 27.3. The fourth-order valence-corrected chi connectivity index (χ4v) is 3.58. The first-order valence-corrected chi connectivity index (χ1v) is 10.0.